The molecule has 0 atom stereocenters. The fourth-order valence-electron chi connectivity index (χ4n) is 3.05. The van der Waals surface area contributed by atoms with E-state index >= 15 is 0 Å². The van der Waals surface area contributed by atoms with E-state index in [1.807, 2.05) is 13.8 Å². The highest BCUT2D eigenvalue weighted by atomic mass is 32.2. The Hall–Kier alpha value is -1.74. The second-order valence-corrected chi connectivity index (χ2v) is 10.3. The Morgan fingerprint density at radius 3 is 1.31 bits per heavy atom. The average Bonchev–Trinajstić information content (AvgIpc) is 2.99. The van der Waals surface area contributed by atoms with Crippen LogP contribution in [0.1, 0.15) is 18.1 Å². The van der Waals surface area contributed by atoms with E-state index in [4.69, 9.17) is 0 Å². The molecule has 26 heavy (non-hydrogen) atoms. The molecule has 0 radical (unpaired) electrons. The summed E-state index contributed by atoms with van der Waals surface area (Å²) in [7, 11) is -7.52. The van der Waals surface area contributed by atoms with Gasteiger partial charge in [-0.05, 0) is 45.0 Å². The topological polar surface area (TPSA) is 74.8 Å². The first kappa shape index (κ1) is 19.0. The van der Waals surface area contributed by atoms with Crippen LogP contribution in [0.25, 0.3) is 0 Å². The zero-order valence-electron chi connectivity index (χ0n) is 15.0. The number of hydrogen-bond donors (Lipinski definition) is 0. The second-order valence-electron chi connectivity index (χ2n) is 6.49. The lowest BCUT2D eigenvalue weighted by Crippen LogP contribution is -2.42. The minimum atomic E-state index is -3.76. The van der Waals surface area contributed by atoms with Gasteiger partial charge in [-0.1, -0.05) is 35.4 Å². The SMILES string of the molecule is Cc1ccc(S(=O)(=O)N2CCN(S(=O)(=O)c3ccc(C)cc3)C2C)cc1. The molecule has 2 aromatic carbocycles. The Kier molecular flexibility index (Phi) is 4.96. The molecule has 0 amide bonds. The number of aryl methyl sites for hydroxylation is 2. The third-order valence-electron chi connectivity index (χ3n) is 4.63. The van der Waals surface area contributed by atoms with Crippen molar-refractivity contribution in [2.75, 3.05) is 13.1 Å². The molecule has 0 aliphatic carbocycles. The van der Waals surface area contributed by atoms with Crippen LogP contribution in [0.5, 0.6) is 0 Å². The van der Waals surface area contributed by atoms with Crippen LogP contribution in [0.2, 0.25) is 0 Å². The normalized spacial score (nSPS) is 17.7. The summed E-state index contributed by atoms with van der Waals surface area (Å²) in [6.07, 6.45) is -0.785. The predicted octanol–water partition coefficient (Wildman–Crippen LogP) is 2.34. The van der Waals surface area contributed by atoms with Gasteiger partial charge in [0, 0.05) is 13.1 Å². The zero-order valence-corrected chi connectivity index (χ0v) is 16.6. The molecule has 1 heterocycles. The van der Waals surface area contributed by atoms with Gasteiger partial charge in [-0.25, -0.2) is 16.8 Å². The number of benzene rings is 2. The van der Waals surface area contributed by atoms with Crippen molar-refractivity contribution in [2.45, 2.75) is 36.7 Å². The fraction of sp³-hybridized carbons (Fsp3) is 0.333. The molecule has 2 aromatic rings. The van der Waals surface area contributed by atoms with Gasteiger partial charge >= 0.3 is 0 Å². The van der Waals surface area contributed by atoms with Crippen LogP contribution in [-0.4, -0.2) is 44.7 Å². The van der Waals surface area contributed by atoms with Crippen molar-refractivity contribution in [3.63, 3.8) is 0 Å². The van der Waals surface area contributed by atoms with Gasteiger partial charge in [-0.2, -0.15) is 8.61 Å². The van der Waals surface area contributed by atoms with Gasteiger partial charge < -0.3 is 0 Å². The first-order valence-corrected chi connectivity index (χ1v) is 11.2. The smallest absolute Gasteiger partial charge is 0.207 e. The summed E-state index contributed by atoms with van der Waals surface area (Å²) < 4.78 is 54.1. The van der Waals surface area contributed by atoms with Crippen molar-refractivity contribution in [2.24, 2.45) is 0 Å². The van der Waals surface area contributed by atoms with Crippen LogP contribution in [-0.2, 0) is 20.0 Å². The fourth-order valence-corrected chi connectivity index (χ4v) is 6.28. The van der Waals surface area contributed by atoms with E-state index in [1.165, 1.54) is 8.61 Å². The number of sulfonamides is 2. The lowest BCUT2D eigenvalue weighted by atomic mass is 10.2. The van der Waals surface area contributed by atoms with E-state index in [1.54, 1.807) is 55.5 Å². The lowest BCUT2D eigenvalue weighted by molar-refractivity contribution is 0.308. The van der Waals surface area contributed by atoms with Gasteiger partial charge in [-0.15, -0.1) is 0 Å². The molecular formula is C18H22N2O4S2. The molecule has 0 unspecified atom stereocenters. The summed E-state index contributed by atoms with van der Waals surface area (Å²) in [5.74, 6) is 0. The maximum atomic E-state index is 12.9. The minimum Gasteiger partial charge on any atom is -0.207 e. The van der Waals surface area contributed by atoms with E-state index in [2.05, 4.69) is 0 Å². The Balaban J connectivity index is 1.91. The van der Waals surface area contributed by atoms with Crippen LogP contribution in [0.3, 0.4) is 0 Å². The van der Waals surface area contributed by atoms with E-state index in [0.717, 1.165) is 11.1 Å². The molecule has 0 saturated carbocycles. The first-order chi connectivity index (χ1) is 12.1. The second kappa shape index (κ2) is 6.77. The van der Waals surface area contributed by atoms with Crippen LogP contribution < -0.4 is 0 Å². The van der Waals surface area contributed by atoms with Crippen molar-refractivity contribution in [1.82, 2.24) is 8.61 Å². The Morgan fingerprint density at radius 1 is 0.692 bits per heavy atom. The van der Waals surface area contributed by atoms with Gasteiger partial charge in [0.2, 0.25) is 20.0 Å². The molecule has 1 fully saturated rings. The molecule has 8 heteroatoms. The van der Waals surface area contributed by atoms with Crippen molar-refractivity contribution in [1.29, 1.82) is 0 Å². The minimum absolute atomic E-state index is 0.127. The third kappa shape index (κ3) is 3.29. The molecule has 3 rings (SSSR count). The summed E-state index contributed by atoms with van der Waals surface area (Å²) in [4.78, 5) is 0.342. The first-order valence-electron chi connectivity index (χ1n) is 8.31. The molecule has 0 N–H and O–H groups in total. The molecule has 1 aliphatic heterocycles. The highest BCUT2D eigenvalue weighted by Crippen LogP contribution is 2.29. The van der Waals surface area contributed by atoms with E-state index in [9.17, 15) is 16.8 Å². The van der Waals surface area contributed by atoms with Gasteiger partial charge in [0.1, 0.15) is 0 Å². The maximum Gasteiger partial charge on any atom is 0.244 e. The average molecular weight is 395 g/mol. The highest BCUT2D eigenvalue weighted by molar-refractivity contribution is 7.90. The van der Waals surface area contributed by atoms with Crippen molar-refractivity contribution in [3.05, 3.63) is 59.7 Å². The highest BCUT2D eigenvalue weighted by Gasteiger charge is 2.43. The van der Waals surface area contributed by atoms with E-state index in [-0.39, 0.29) is 22.9 Å². The Morgan fingerprint density at radius 2 is 1.00 bits per heavy atom. The summed E-state index contributed by atoms with van der Waals surface area (Å²) in [5.41, 5.74) is 1.92. The molecule has 140 valence electrons. The van der Waals surface area contributed by atoms with E-state index in [0.29, 0.717) is 0 Å². The number of nitrogens with zero attached hydrogens (tertiary/aromatic N) is 2. The van der Waals surface area contributed by atoms with Crippen LogP contribution >= 0.6 is 0 Å². The molecule has 1 saturated heterocycles. The molecule has 6 nitrogen and oxygen atoms in total. The monoisotopic (exact) mass is 394 g/mol. The lowest BCUT2D eigenvalue weighted by Gasteiger charge is -2.26. The van der Waals surface area contributed by atoms with Gasteiger partial charge in [0.15, 0.2) is 0 Å². The number of rotatable bonds is 4. The molecule has 1 aliphatic rings. The zero-order chi connectivity index (χ0) is 19.1. The van der Waals surface area contributed by atoms with E-state index < -0.39 is 26.2 Å². The van der Waals surface area contributed by atoms with Crippen LogP contribution in [0.15, 0.2) is 58.3 Å². The van der Waals surface area contributed by atoms with Gasteiger partial charge in [0.25, 0.3) is 0 Å². The Labute approximate surface area is 155 Å². The van der Waals surface area contributed by atoms with Crippen LogP contribution in [0, 0.1) is 13.8 Å². The summed E-state index contributed by atoms with van der Waals surface area (Å²) in [6, 6.07) is 13.1. The predicted molar refractivity (Wildman–Crippen MR) is 99.6 cm³/mol. The van der Waals surface area contributed by atoms with Crippen molar-refractivity contribution in [3.8, 4) is 0 Å². The Bertz CT molecular complexity index is 915. The van der Waals surface area contributed by atoms with Gasteiger partial charge in [-0.3, -0.25) is 0 Å². The summed E-state index contributed by atoms with van der Waals surface area (Å²) >= 11 is 0. The summed E-state index contributed by atoms with van der Waals surface area (Å²) in [6.45, 7) is 5.62. The summed E-state index contributed by atoms with van der Waals surface area (Å²) in [5, 5.41) is 0. The molecule has 0 spiro atoms. The molecule has 0 aromatic heterocycles. The van der Waals surface area contributed by atoms with Crippen LogP contribution in [0.4, 0.5) is 0 Å². The number of hydrogen-bond acceptors (Lipinski definition) is 4. The maximum absolute atomic E-state index is 12.9. The molecule has 0 bridgehead atoms. The molecular weight excluding hydrogens is 372 g/mol. The van der Waals surface area contributed by atoms with Crippen molar-refractivity contribution < 1.29 is 16.8 Å². The standard InChI is InChI=1S/C18H22N2O4S2/c1-14-4-8-17(9-5-14)25(21,22)19-12-13-20(16(19)3)26(23,24)18-10-6-15(2)7-11-18/h4-11,16H,12-13H2,1-3H3. The largest absolute Gasteiger partial charge is 0.244 e. The van der Waals surface area contributed by atoms with Crippen molar-refractivity contribution >= 4 is 20.0 Å². The quantitative estimate of drug-likeness (QED) is 0.798. The van der Waals surface area contributed by atoms with Gasteiger partial charge in [0.05, 0.1) is 16.0 Å². The third-order valence-corrected chi connectivity index (χ3v) is 8.58.